The summed E-state index contributed by atoms with van der Waals surface area (Å²) in [6.07, 6.45) is 0. The Morgan fingerprint density at radius 2 is 1.48 bits per heavy atom. The summed E-state index contributed by atoms with van der Waals surface area (Å²) in [5, 5.41) is 12.8. The molecule has 1 aliphatic carbocycles. The molecule has 1 atom stereocenters. The summed E-state index contributed by atoms with van der Waals surface area (Å²) in [7, 11) is 1.60. The molecule has 0 fully saturated rings. The Labute approximate surface area is 193 Å². The molecular formula is C27H27NO5. The molecule has 0 amide bonds. The summed E-state index contributed by atoms with van der Waals surface area (Å²) < 4.78 is 11.4. The van der Waals surface area contributed by atoms with Gasteiger partial charge in [0.25, 0.3) is 0 Å². The van der Waals surface area contributed by atoms with E-state index in [1.807, 2.05) is 66.7 Å². The van der Waals surface area contributed by atoms with Crippen molar-refractivity contribution in [2.24, 2.45) is 5.41 Å². The van der Waals surface area contributed by atoms with Gasteiger partial charge >= 0.3 is 11.9 Å². The van der Waals surface area contributed by atoms with Gasteiger partial charge in [0.15, 0.2) is 5.41 Å². The van der Waals surface area contributed by atoms with Crippen LogP contribution in [0.4, 0.5) is 0 Å². The van der Waals surface area contributed by atoms with E-state index >= 15 is 0 Å². The maximum atomic E-state index is 13.2. The Bertz CT molecular complexity index is 1080. The molecule has 4 rings (SSSR count). The second-order valence-corrected chi connectivity index (χ2v) is 8.22. The van der Waals surface area contributed by atoms with Crippen molar-refractivity contribution < 1.29 is 24.2 Å². The summed E-state index contributed by atoms with van der Waals surface area (Å²) >= 11 is 0. The van der Waals surface area contributed by atoms with Gasteiger partial charge in [0, 0.05) is 12.5 Å². The molecule has 0 saturated heterocycles. The maximum absolute atomic E-state index is 13.2. The number of aliphatic carboxylic acids is 1. The molecule has 0 spiro atoms. The second kappa shape index (κ2) is 9.98. The molecule has 0 bridgehead atoms. The van der Waals surface area contributed by atoms with E-state index in [4.69, 9.17) is 9.47 Å². The molecule has 1 aliphatic rings. The van der Waals surface area contributed by atoms with Crippen LogP contribution in [-0.4, -0.2) is 43.9 Å². The fraction of sp³-hybridized carbons (Fsp3) is 0.259. The summed E-state index contributed by atoms with van der Waals surface area (Å²) in [5.74, 6) is -2.23. The van der Waals surface area contributed by atoms with Gasteiger partial charge in [-0.25, -0.2) is 0 Å². The highest BCUT2D eigenvalue weighted by atomic mass is 16.5. The van der Waals surface area contributed by atoms with Crippen LogP contribution >= 0.6 is 0 Å². The average Bonchev–Trinajstić information content (AvgIpc) is 3.16. The first-order valence-electron chi connectivity index (χ1n) is 10.9. The van der Waals surface area contributed by atoms with Crippen molar-refractivity contribution in [2.75, 3.05) is 26.8 Å². The number of benzene rings is 3. The van der Waals surface area contributed by atoms with Gasteiger partial charge in [-0.1, -0.05) is 78.9 Å². The van der Waals surface area contributed by atoms with Gasteiger partial charge in [-0.3, -0.25) is 9.59 Å². The van der Waals surface area contributed by atoms with E-state index in [9.17, 15) is 14.7 Å². The van der Waals surface area contributed by atoms with Crippen molar-refractivity contribution in [3.05, 3.63) is 95.6 Å². The number of hydrogen-bond acceptors (Lipinski definition) is 5. The van der Waals surface area contributed by atoms with Crippen molar-refractivity contribution in [1.82, 2.24) is 5.32 Å². The zero-order valence-corrected chi connectivity index (χ0v) is 18.5. The molecule has 0 saturated carbocycles. The van der Waals surface area contributed by atoms with Crippen LogP contribution < -0.4 is 5.32 Å². The molecule has 6 nitrogen and oxygen atoms in total. The van der Waals surface area contributed by atoms with Crippen LogP contribution in [-0.2, 0) is 25.7 Å². The molecule has 3 aromatic carbocycles. The normalized spacial score (nSPS) is 14.2. The van der Waals surface area contributed by atoms with E-state index in [-0.39, 0.29) is 32.3 Å². The number of carboxylic acids is 1. The molecule has 0 unspecified atom stereocenters. The van der Waals surface area contributed by atoms with Crippen LogP contribution in [0, 0.1) is 5.41 Å². The first kappa shape index (κ1) is 22.7. The molecule has 0 heterocycles. The second-order valence-electron chi connectivity index (χ2n) is 8.22. The summed E-state index contributed by atoms with van der Waals surface area (Å²) in [6.45, 7) is -0.136. The first-order chi connectivity index (χ1) is 16.1. The Kier molecular flexibility index (Phi) is 6.87. The van der Waals surface area contributed by atoms with Gasteiger partial charge in [-0.2, -0.15) is 0 Å². The van der Waals surface area contributed by atoms with Crippen LogP contribution in [0.1, 0.15) is 22.6 Å². The maximum Gasteiger partial charge on any atom is 0.327 e. The average molecular weight is 446 g/mol. The highest BCUT2D eigenvalue weighted by Gasteiger charge is 2.48. The van der Waals surface area contributed by atoms with Gasteiger partial charge in [0.2, 0.25) is 0 Å². The Morgan fingerprint density at radius 1 is 0.909 bits per heavy atom. The van der Waals surface area contributed by atoms with E-state index in [2.05, 4.69) is 17.4 Å². The zero-order valence-electron chi connectivity index (χ0n) is 18.5. The van der Waals surface area contributed by atoms with Crippen molar-refractivity contribution in [2.45, 2.75) is 12.5 Å². The number of ether oxygens (including phenoxy) is 2. The molecule has 33 heavy (non-hydrogen) atoms. The lowest BCUT2D eigenvalue weighted by Crippen LogP contribution is -2.51. The topological polar surface area (TPSA) is 84.9 Å². The smallest absolute Gasteiger partial charge is 0.327 e. The van der Waals surface area contributed by atoms with Crippen LogP contribution in [0.3, 0.4) is 0 Å². The summed E-state index contributed by atoms with van der Waals surface area (Å²) in [5.41, 5.74) is 3.41. The quantitative estimate of drug-likeness (QED) is 0.364. The minimum absolute atomic E-state index is 0.0598. The molecule has 0 aromatic heterocycles. The zero-order chi connectivity index (χ0) is 23.3. The predicted octanol–water partition coefficient (Wildman–Crippen LogP) is 3.85. The Hall–Kier alpha value is -3.48. The molecule has 170 valence electrons. The Morgan fingerprint density at radius 3 is 2.06 bits per heavy atom. The lowest BCUT2D eigenvalue weighted by Gasteiger charge is -2.27. The summed E-state index contributed by atoms with van der Waals surface area (Å²) in [4.78, 5) is 25.5. The number of carboxylic acid groups (broad SMARTS) is 1. The van der Waals surface area contributed by atoms with E-state index in [0.29, 0.717) is 0 Å². The van der Waals surface area contributed by atoms with Crippen molar-refractivity contribution in [3.8, 4) is 11.1 Å². The number of carbonyl (C=O) groups is 2. The van der Waals surface area contributed by atoms with Gasteiger partial charge in [-0.15, -0.1) is 0 Å². The number of hydrogen-bond donors (Lipinski definition) is 2. The fourth-order valence-corrected chi connectivity index (χ4v) is 4.36. The van der Waals surface area contributed by atoms with E-state index in [0.717, 1.165) is 27.8 Å². The lowest BCUT2D eigenvalue weighted by molar-refractivity contribution is -0.173. The monoisotopic (exact) mass is 445 g/mol. The number of esters is 1. The van der Waals surface area contributed by atoms with E-state index < -0.39 is 17.4 Å². The van der Waals surface area contributed by atoms with Crippen molar-refractivity contribution >= 4 is 11.9 Å². The predicted molar refractivity (Wildman–Crippen MR) is 125 cm³/mol. The minimum atomic E-state index is -1.85. The molecule has 0 radical (unpaired) electrons. The fourth-order valence-electron chi connectivity index (χ4n) is 4.36. The number of fused-ring (bicyclic) bond motifs is 3. The van der Waals surface area contributed by atoms with Gasteiger partial charge in [0.1, 0.15) is 6.61 Å². The lowest BCUT2D eigenvalue weighted by atomic mass is 9.88. The van der Waals surface area contributed by atoms with Gasteiger partial charge < -0.3 is 19.9 Å². The highest BCUT2D eigenvalue weighted by molar-refractivity contribution is 5.99. The van der Waals surface area contributed by atoms with Crippen LogP contribution in [0.15, 0.2) is 78.9 Å². The SMILES string of the molecule is CNC[C@](COCc1ccccc1)(C(=O)O)C(=O)OCC1c2ccccc2-c2ccccc21. The standard InChI is InChI=1S/C27H27NO5/c1-28-17-27(25(29)30,18-32-15-19-9-3-2-4-10-19)26(31)33-16-24-22-13-7-5-11-20(22)21-12-6-8-14-23(21)24/h2-14,24,28H,15-18H2,1H3,(H,29,30)/t27-/m0/s1. The molecular weight excluding hydrogens is 418 g/mol. The van der Waals surface area contributed by atoms with Crippen molar-refractivity contribution in [1.29, 1.82) is 0 Å². The molecule has 6 heteroatoms. The van der Waals surface area contributed by atoms with Gasteiger partial charge in [0.05, 0.1) is 13.2 Å². The minimum Gasteiger partial charge on any atom is -0.480 e. The van der Waals surface area contributed by atoms with Crippen LogP contribution in [0.25, 0.3) is 11.1 Å². The number of carbonyl (C=O) groups excluding carboxylic acids is 1. The van der Waals surface area contributed by atoms with Gasteiger partial charge in [-0.05, 0) is 34.9 Å². The molecule has 3 aromatic rings. The van der Waals surface area contributed by atoms with Crippen LogP contribution in [0.5, 0.6) is 0 Å². The largest absolute Gasteiger partial charge is 0.480 e. The third-order valence-corrected chi connectivity index (χ3v) is 6.08. The molecule has 0 aliphatic heterocycles. The summed E-state index contributed by atoms with van der Waals surface area (Å²) in [6, 6.07) is 25.4. The number of nitrogens with one attached hydrogen (secondary N) is 1. The third kappa shape index (κ3) is 4.53. The van der Waals surface area contributed by atoms with E-state index in [1.54, 1.807) is 7.05 Å². The highest BCUT2D eigenvalue weighted by Crippen LogP contribution is 2.44. The van der Waals surface area contributed by atoms with Crippen LogP contribution in [0.2, 0.25) is 0 Å². The first-order valence-corrected chi connectivity index (χ1v) is 10.9. The third-order valence-electron chi connectivity index (χ3n) is 6.08. The number of rotatable bonds is 10. The Balaban J connectivity index is 1.51. The molecule has 2 N–H and O–H groups in total. The van der Waals surface area contributed by atoms with Crippen molar-refractivity contribution in [3.63, 3.8) is 0 Å². The van der Waals surface area contributed by atoms with E-state index in [1.165, 1.54) is 0 Å².